The highest BCUT2D eigenvalue weighted by Crippen LogP contribution is 2.23. The number of carbonyl (C=O) groups excluding carboxylic acids is 2. The average Bonchev–Trinajstić information content (AvgIpc) is 2.99. The van der Waals surface area contributed by atoms with Crippen LogP contribution in [0.5, 0.6) is 0 Å². The van der Waals surface area contributed by atoms with E-state index >= 15 is 0 Å². The van der Waals surface area contributed by atoms with Crippen LogP contribution in [0.4, 0.5) is 0 Å². The molecule has 0 atom stereocenters. The van der Waals surface area contributed by atoms with Gasteiger partial charge in [-0.1, -0.05) is 36.9 Å². The summed E-state index contributed by atoms with van der Waals surface area (Å²) in [5, 5.41) is 1.87. The van der Waals surface area contributed by atoms with Gasteiger partial charge >= 0.3 is 5.97 Å². The maximum absolute atomic E-state index is 12.5. The van der Waals surface area contributed by atoms with Gasteiger partial charge in [0.15, 0.2) is 6.61 Å². The summed E-state index contributed by atoms with van der Waals surface area (Å²) in [5.41, 5.74) is 4.62. The van der Waals surface area contributed by atoms with Crippen molar-refractivity contribution < 1.29 is 14.3 Å². The zero-order chi connectivity index (χ0) is 21.0. The fourth-order valence-corrected chi connectivity index (χ4v) is 4.21. The summed E-state index contributed by atoms with van der Waals surface area (Å²) < 4.78 is 7.34. The first-order valence-electron chi connectivity index (χ1n) is 9.75. The number of hydrogen-bond donors (Lipinski definition) is 0. The molecule has 0 amide bonds. The normalized spacial score (nSPS) is 11.0. The molecule has 0 aliphatic rings. The summed E-state index contributed by atoms with van der Waals surface area (Å²) in [7, 11) is 0. The highest BCUT2D eigenvalue weighted by atomic mass is 32.2. The molecule has 0 N–H and O–H groups in total. The van der Waals surface area contributed by atoms with Gasteiger partial charge in [0.2, 0.25) is 5.78 Å². The minimum Gasteiger partial charge on any atom is -0.457 e. The molecule has 3 aromatic rings. The van der Waals surface area contributed by atoms with Gasteiger partial charge in [-0.2, -0.15) is 0 Å². The first kappa shape index (κ1) is 21.1. The lowest BCUT2D eigenvalue weighted by atomic mass is 10.1. The van der Waals surface area contributed by atoms with Crippen LogP contribution in [0.1, 0.15) is 40.7 Å². The van der Waals surface area contributed by atoms with E-state index in [1.807, 2.05) is 57.2 Å². The summed E-state index contributed by atoms with van der Waals surface area (Å²) >= 11 is 1.32. The molecule has 0 radical (unpaired) electrons. The Morgan fingerprint density at radius 1 is 1.14 bits per heavy atom. The Hall–Kier alpha value is -2.60. The SMILES string of the molecule is CCCn1c(C)cc(C(=O)COC(=O)CSc2cc(C)c3ccccc3n2)c1C. The summed E-state index contributed by atoms with van der Waals surface area (Å²) in [6.07, 6.45) is 0.998. The second kappa shape index (κ2) is 9.27. The van der Waals surface area contributed by atoms with Crippen LogP contribution in [-0.4, -0.2) is 33.7 Å². The molecule has 6 heteroatoms. The summed E-state index contributed by atoms with van der Waals surface area (Å²) in [6.45, 7) is 8.69. The molecule has 0 saturated carbocycles. The van der Waals surface area contributed by atoms with Crippen LogP contribution in [0, 0.1) is 20.8 Å². The Morgan fingerprint density at radius 2 is 1.90 bits per heavy atom. The number of esters is 1. The zero-order valence-corrected chi connectivity index (χ0v) is 18.1. The number of pyridine rings is 1. The van der Waals surface area contributed by atoms with Crippen molar-refractivity contribution in [3.8, 4) is 0 Å². The lowest BCUT2D eigenvalue weighted by Gasteiger charge is -2.08. The van der Waals surface area contributed by atoms with E-state index in [0.29, 0.717) is 5.56 Å². The van der Waals surface area contributed by atoms with E-state index in [1.165, 1.54) is 11.8 Å². The number of fused-ring (bicyclic) bond motifs is 1. The fraction of sp³-hybridized carbons (Fsp3) is 0.348. The van der Waals surface area contributed by atoms with Gasteiger partial charge in [-0.05, 0) is 51.0 Å². The lowest BCUT2D eigenvalue weighted by Crippen LogP contribution is -2.16. The molecule has 29 heavy (non-hydrogen) atoms. The monoisotopic (exact) mass is 410 g/mol. The van der Waals surface area contributed by atoms with Crippen LogP contribution >= 0.6 is 11.8 Å². The largest absolute Gasteiger partial charge is 0.457 e. The van der Waals surface area contributed by atoms with Gasteiger partial charge in [0.25, 0.3) is 0 Å². The maximum atomic E-state index is 12.5. The van der Waals surface area contributed by atoms with Crippen molar-refractivity contribution in [2.45, 2.75) is 45.7 Å². The third-order valence-corrected chi connectivity index (χ3v) is 5.81. The third-order valence-electron chi connectivity index (χ3n) is 4.92. The molecule has 0 aliphatic heterocycles. The average molecular weight is 411 g/mol. The maximum Gasteiger partial charge on any atom is 0.316 e. The molecule has 3 rings (SSSR count). The molecule has 0 spiro atoms. The number of rotatable bonds is 8. The highest BCUT2D eigenvalue weighted by Gasteiger charge is 2.17. The first-order valence-corrected chi connectivity index (χ1v) is 10.7. The van der Waals surface area contributed by atoms with Crippen molar-refractivity contribution in [2.24, 2.45) is 0 Å². The topological polar surface area (TPSA) is 61.2 Å². The van der Waals surface area contributed by atoms with E-state index in [2.05, 4.69) is 16.5 Å². The molecular formula is C23H26N2O3S. The Balaban J connectivity index is 1.56. The van der Waals surface area contributed by atoms with E-state index in [1.54, 1.807) is 0 Å². The number of ketones is 1. The number of carbonyl (C=O) groups is 2. The molecule has 0 bridgehead atoms. The smallest absolute Gasteiger partial charge is 0.316 e. The van der Waals surface area contributed by atoms with Gasteiger partial charge in [-0.25, -0.2) is 4.98 Å². The van der Waals surface area contributed by atoms with Crippen LogP contribution in [-0.2, 0) is 16.1 Å². The van der Waals surface area contributed by atoms with Gasteiger partial charge in [0.1, 0.15) is 0 Å². The molecule has 0 fully saturated rings. The molecule has 0 unspecified atom stereocenters. The molecule has 1 aromatic carbocycles. The van der Waals surface area contributed by atoms with Crippen molar-refractivity contribution >= 4 is 34.4 Å². The van der Waals surface area contributed by atoms with Crippen molar-refractivity contribution in [3.05, 3.63) is 58.9 Å². The summed E-state index contributed by atoms with van der Waals surface area (Å²) in [5.74, 6) is -0.468. The summed E-state index contributed by atoms with van der Waals surface area (Å²) in [6, 6.07) is 11.8. The molecule has 0 saturated heterocycles. The predicted molar refractivity (Wildman–Crippen MR) is 117 cm³/mol. The number of benzene rings is 1. The van der Waals surface area contributed by atoms with E-state index in [0.717, 1.165) is 45.8 Å². The van der Waals surface area contributed by atoms with E-state index in [4.69, 9.17) is 4.74 Å². The van der Waals surface area contributed by atoms with Crippen molar-refractivity contribution in [2.75, 3.05) is 12.4 Å². The second-order valence-electron chi connectivity index (χ2n) is 7.10. The van der Waals surface area contributed by atoms with Crippen molar-refractivity contribution in [1.82, 2.24) is 9.55 Å². The molecule has 0 aliphatic carbocycles. The Labute approximate surface area is 175 Å². The van der Waals surface area contributed by atoms with Crippen LogP contribution in [0.25, 0.3) is 10.9 Å². The Bertz CT molecular complexity index is 1060. The minimum absolute atomic E-state index is 0.118. The number of para-hydroxylation sites is 1. The predicted octanol–water partition coefficient (Wildman–Crippen LogP) is 4.89. The zero-order valence-electron chi connectivity index (χ0n) is 17.3. The van der Waals surface area contributed by atoms with Crippen LogP contribution in [0.2, 0.25) is 0 Å². The lowest BCUT2D eigenvalue weighted by molar-refractivity contribution is -0.139. The van der Waals surface area contributed by atoms with Gasteiger partial charge in [0, 0.05) is 28.9 Å². The molecule has 2 heterocycles. The van der Waals surface area contributed by atoms with Crippen molar-refractivity contribution in [1.29, 1.82) is 0 Å². The highest BCUT2D eigenvalue weighted by molar-refractivity contribution is 7.99. The van der Waals surface area contributed by atoms with Crippen LogP contribution in [0.15, 0.2) is 41.4 Å². The molecule has 5 nitrogen and oxygen atoms in total. The minimum atomic E-state index is -0.418. The number of Topliss-reactive ketones (excluding diaryl/α,β-unsaturated/α-hetero) is 1. The van der Waals surface area contributed by atoms with Gasteiger partial charge in [-0.3, -0.25) is 9.59 Å². The summed E-state index contributed by atoms with van der Waals surface area (Å²) in [4.78, 5) is 29.2. The Kier molecular flexibility index (Phi) is 6.75. The number of ether oxygens (including phenoxy) is 1. The molecule has 152 valence electrons. The third kappa shape index (κ3) is 4.88. The second-order valence-corrected chi connectivity index (χ2v) is 8.10. The fourth-order valence-electron chi connectivity index (χ4n) is 3.44. The van der Waals surface area contributed by atoms with E-state index < -0.39 is 5.97 Å². The molecular weight excluding hydrogens is 384 g/mol. The standard InChI is InChI=1S/C23H26N2O3S/c1-5-10-25-16(3)12-19(17(25)4)21(26)13-28-23(27)14-29-22-11-15(2)18-8-6-7-9-20(18)24-22/h6-9,11-12H,5,10,13-14H2,1-4H3. The van der Waals surface area contributed by atoms with Crippen molar-refractivity contribution in [3.63, 3.8) is 0 Å². The van der Waals surface area contributed by atoms with E-state index in [-0.39, 0.29) is 18.1 Å². The number of nitrogens with zero attached hydrogens (tertiary/aromatic N) is 2. The van der Waals surface area contributed by atoms with Gasteiger partial charge < -0.3 is 9.30 Å². The quantitative estimate of drug-likeness (QED) is 0.301. The van der Waals surface area contributed by atoms with E-state index in [9.17, 15) is 9.59 Å². The molecule has 2 aromatic heterocycles. The van der Waals surface area contributed by atoms with Crippen LogP contribution < -0.4 is 0 Å². The first-order chi connectivity index (χ1) is 13.9. The number of aryl methyl sites for hydroxylation is 2. The van der Waals surface area contributed by atoms with Gasteiger partial charge in [-0.15, -0.1) is 0 Å². The number of hydrogen-bond acceptors (Lipinski definition) is 5. The Morgan fingerprint density at radius 3 is 2.66 bits per heavy atom. The van der Waals surface area contributed by atoms with Crippen LogP contribution in [0.3, 0.4) is 0 Å². The number of thioether (sulfide) groups is 1. The van der Waals surface area contributed by atoms with Gasteiger partial charge in [0.05, 0.1) is 16.3 Å². The number of aromatic nitrogens is 2.